The van der Waals surface area contributed by atoms with Gasteiger partial charge in [0.1, 0.15) is 0 Å². The molecule has 174 valence electrons. The van der Waals surface area contributed by atoms with Crippen LogP contribution in [0.5, 0.6) is 0 Å². The molecule has 1 aromatic heterocycles. The van der Waals surface area contributed by atoms with Gasteiger partial charge in [0, 0.05) is 36.3 Å². The number of amides is 2. The second kappa shape index (κ2) is 8.78. The first-order chi connectivity index (χ1) is 17.1. The Balaban J connectivity index is 1.28. The van der Waals surface area contributed by atoms with Gasteiger partial charge >= 0.3 is 0 Å². The van der Waals surface area contributed by atoms with Crippen molar-refractivity contribution in [2.75, 3.05) is 18.0 Å². The Hall–Kier alpha value is -3.77. The number of anilines is 1. The fourth-order valence-electron chi connectivity index (χ4n) is 4.93. The molecule has 4 aromatic rings. The molecule has 3 aromatic carbocycles. The number of para-hydroxylation sites is 1. The van der Waals surface area contributed by atoms with E-state index in [4.69, 9.17) is 4.98 Å². The van der Waals surface area contributed by atoms with Crippen LogP contribution < -0.4 is 4.90 Å². The highest BCUT2D eigenvalue weighted by Crippen LogP contribution is 2.36. The monoisotopic (exact) mass is 479 g/mol. The zero-order chi connectivity index (χ0) is 23.9. The van der Waals surface area contributed by atoms with Crippen molar-refractivity contribution >= 4 is 44.6 Å². The highest BCUT2D eigenvalue weighted by molar-refractivity contribution is 7.18. The summed E-state index contributed by atoms with van der Waals surface area (Å²) in [5, 5.41) is 1.20. The number of likely N-dealkylation sites (tertiary alicyclic amines) is 1. The first-order valence-corrected chi connectivity index (χ1v) is 12.8. The highest BCUT2D eigenvalue weighted by atomic mass is 32.1. The molecule has 5 nitrogen and oxygen atoms in total. The van der Waals surface area contributed by atoms with Gasteiger partial charge in [-0.05, 0) is 50.1 Å². The first kappa shape index (κ1) is 21.7. The minimum Gasteiger partial charge on any atom is -0.377 e. The van der Waals surface area contributed by atoms with Crippen molar-refractivity contribution in [2.24, 2.45) is 0 Å². The van der Waals surface area contributed by atoms with Gasteiger partial charge in [-0.1, -0.05) is 48.0 Å². The van der Waals surface area contributed by atoms with E-state index in [9.17, 15) is 9.59 Å². The first-order valence-electron chi connectivity index (χ1n) is 11.9. The second-order valence-corrected chi connectivity index (χ2v) is 10.3. The summed E-state index contributed by atoms with van der Waals surface area (Å²) in [5.41, 5.74) is 4.59. The average molecular weight is 480 g/mol. The number of rotatable bonds is 3. The topological polar surface area (TPSA) is 53.5 Å². The maximum Gasteiger partial charge on any atom is 0.267 e. The van der Waals surface area contributed by atoms with Crippen LogP contribution in [0.3, 0.4) is 0 Å². The highest BCUT2D eigenvalue weighted by Gasteiger charge is 2.36. The fourth-order valence-corrected chi connectivity index (χ4v) is 6.07. The molecule has 35 heavy (non-hydrogen) atoms. The SMILES string of the molecule is Cc1ccc(N2C(=O)/C(=C\N3CCC(c4nc5ccccc5s4)CC3)c3ccccc3C2=O)cc1. The van der Waals surface area contributed by atoms with Crippen LogP contribution in [-0.2, 0) is 4.79 Å². The molecule has 0 radical (unpaired) electrons. The lowest BCUT2D eigenvalue weighted by Crippen LogP contribution is -2.42. The molecule has 3 heterocycles. The average Bonchev–Trinajstić information content (AvgIpc) is 3.33. The molecule has 0 N–H and O–H groups in total. The van der Waals surface area contributed by atoms with Crippen molar-refractivity contribution < 1.29 is 9.59 Å². The summed E-state index contributed by atoms with van der Waals surface area (Å²) < 4.78 is 1.23. The number of carbonyl (C=O) groups excluding carboxylic acids is 2. The van der Waals surface area contributed by atoms with Crippen molar-refractivity contribution in [1.29, 1.82) is 0 Å². The molecule has 6 rings (SSSR count). The lowest BCUT2D eigenvalue weighted by atomic mass is 9.92. The van der Waals surface area contributed by atoms with E-state index < -0.39 is 0 Å². The Bertz CT molecular complexity index is 1430. The number of fused-ring (bicyclic) bond motifs is 2. The summed E-state index contributed by atoms with van der Waals surface area (Å²) in [6.45, 7) is 3.68. The van der Waals surface area contributed by atoms with Gasteiger partial charge in [0.2, 0.25) is 0 Å². The van der Waals surface area contributed by atoms with E-state index in [1.54, 1.807) is 17.4 Å². The number of hydrogen-bond donors (Lipinski definition) is 0. The Morgan fingerprint density at radius 2 is 1.54 bits per heavy atom. The van der Waals surface area contributed by atoms with Crippen molar-refractivity contribution in [3.63, 3.8) is 0 Å². The summed E-state index contributed by atoms with van der Waals surface area (Å²) in [7, 11) is 0. The molecule has 0 bridgehead atoms. The number of aromatic nitrogens is 1. The van der Waals surface area contributed by atoms with Crippen molar-refractivity contribution in [3.05, 3.63) is 101 Å². The Morgan fingerprint density at radius 3 is 2.29 bits per heavy atom. The number of nitrogens with zero attached hydrogens (tertiary/aromatic N) is 3. The standard InChI is InChI=1S/C29H25N3O2S/c1-19-10-12-21(13-11-19)32-28(33)23-7-3-2-6-22(23)24(29(32)34)18-31-16-14-20(15-17-31)27-30-25-8-4-5-9-26(25)35-27/h2-13,18,20H,14-17H2,1H3/b24-18-. The summed E-state index contributed by atoms with van der Waals surface area (Å²) >= 11 is 1.79. The Labute approximate surface area is 208 Å². The molecular formula is C29H25N3O2S. The minimum absolute atomic E-state index is 0.272. The van der Waals surface area contributed by atoms with Crippen molar-refractivity contribution in [3.8, 4) is 0 Å². The predicted molar refractivity (Wildman–Crippen MR) is 141 cm³/mol. The van der Waals surface area contributed by atoms with E-state index in [-0.39, 0.29) is 11.8 Å². The molecule has 1 saturated heterocycles. The number of thiazole rings is 1. The number of hydrogen-bond acceptors (Lipinski definition) is 5. The number of carbonyl (C=O) groups is 2. The molecule has 1 fully saturated rings. The molecule has 0 saturated carbocycles. The van der Waals surface area contributed by atoms with Gasteiger partial charge in [-0.25, -0.2) is 9.88 Å². The molecule has 2 aliphatic rings. The number of piperidine rings is 1. The smallest absolute Gasteiger partial charge is 0.267 e. The van der Waals surface area contributed by atoms with Gasteiger partial charge in [0.05, 0.1) is 26.5 Å². The molecule has 6 heteroatoms. The van der Waals surface area contributed by atoms with Crippen LogP contribution in [0.25, 0.3) is 15.8 Å². The van der Waals surface area contributed by atoms with Gasteiger partial charge in [-0.2, -0.15) is 0 Å². The van der Waals surface area contributed by atoms with Crippen LogP contribution in [0.2, 0.25) is 0 Å². The zero-order valence-electron chi connectivity index (χ0n) is 19.5. The van der Waals surface area contributed by atoms with E-state index in [0.717, 1.165) is 37.0 Å². The van der Waals surface area contributed by atoms with Crippen molar-refractivity contribution in [2.45, 2.75) is 25.7 Å². The van der Waals surface area contributed by atoms with Crippen LogP contribution >= 0.6 is 11.3 Å². The predicted octanol–water partition coefficient (Wildman–Crippen LogP) is 6.01. The molecule has 0 unspecified atom stereocenters. The third-order valence-electron chi connectivity index (χ3n) is 6.88. The number of aryl methyl sites for hydroxylation is 1. The molecule has 2 amide bonds. The summed E-state index contributed by atoms with van der Waals surface area (Å²) in [6.07, 6.45) is 3.93. The van der Waals surface area contributed by atoms with Gasteiger partial charge in [0.15, 0.2) is 0 Å². The summed E-state index contributed by atoms with van der Waals surface area (Å²) in [6, 6.07) is 23.2. The lowest BCUT2D eigenvalue weighted by molar-refractivity contribution is -0.112. The van der Waals surface area contributed by atoms with Gasteiger partial charge < -0.3 is 4.90 Å². The van der Waals surface area contributed by atoms with E-state index in [1.165, 1.54) is 14.6 Å². The Morgan fingerprint density at radius 1 is 0.857 bits per heavy atom. The zero-order valence-corrected chi connectivity index (χ0v) is 20.3. The maximum atomic E-state index is 13.6. The third kappa shape index (κ3) is 3.94. The summed E-state index contributed by atoms with van der Waals surface area (Å²) in [5.74, 6) is -0.117. The van der Waals surface area contributed by atoms with Gasteiger partial charge in [0.25, 0.3) is 11.8 Å². The van der Waals surface area contributed by atoms with E-state index in [1.807, 2.05) is 61.7 Å². The molecule has 0 aliphatic carbocycles. The van der Waals surface area contributed by atoms with Gasteiger partial charge in [-0.3, -0.25) is 9.59 Å². The second-order valence-electron chi connectivity index (χ2n) is 9.20. The third-order valence-corrected chi connectivity index (χ3v) is 8.08. The van der Waals surface area contributed by atoms with Gasteiger partial charge in [-0.15, -0.1) is 11.3 Å². The quantitative estimate of drug-likeness (QED) is 0.267. The maximum absolute atomic E-state index is 13.6. The van der Waals surface area contributed by atoms with Crippen LogP contribution in [0.15, 0.2) is 79.0 Å². The van der Waals surface area contributed by atoms with Crippen molar-refractivity contribution in [1.82, 2.24) is 9.88 Å². The van der Waals surface area contributed by atoms with Crippen LogP contribution in [0.4, 0.5) is 5.69 Å². The summed E-state index contributed by atoms with van der Waals surface area (Å²) in [4.78, 5) is 35.3. The largest absolute Gasteiger partial charge is 0.377 e. The normalized spacial score (nSPS) is 17.9. The van der Waals surface area contributed by atoms with Crippen LogP contribution in [0.1, 0.15) is 45.3 Å². The van der Waals surface area contributed by atoms with Crippen LogP contribution in [0, 0.1) is 6.92 Å². The Kier molecular flexibility index (Phi) is 5.46. The van der Waals surface area contributed by atoms with E-state index in [0.29, 0.717) is 28.3 Å². The molecular weight excluding hydrogens is 454 g/mol. The molecule has 0 spiro atoms. The molecule has 0 atom stereocenters. The molecule has 2 aliphatic heterocycles. The minimum atomic E-state index is -0.277. The number of imide groups is 1. The van der Waals surface area contributed by atoms with Crippen LogP contribution in [-0.4, -0.2) is 34.8 Å². The van der Waals surface area contributed by atoms with E-state index >= 15 is 0 Å². The van der Waals surface area contributed by atoms with E-state index in [2.05, 4.69) is 23.1 Å². The lowest BCUT2D eigenvalue weighted by Gasteiger charge is -2.33. The number of benzene rings is 3. The fraction of sp³-hybridized carbons (Fsp3) is 0.207.